The van der Waals surface area contributed by atoms with Crippen molar-refractivity contribution in [1.82, 2.24) is 0 Å². The van der Waals surface area contributed by atoms with Crippen molar-refractivity contribution >= 4 is 0 Å². The van der Waals surface area contributed by atoms with E-state index >= 15 is 0 Å². The Balaban J connectivity index is 3.05. The molecule has 0 rings (SSSR count). The van der Waals surface area contributed by atoms with Crippen molar-refractivity contribution in [3.63, 3.8) is 0 Å². The van der Waals surface area contributed by atoms with Gasteiger partial charge in [0.05, 0.1) is 0 Å². The molecule has 0 N–H and O–H groups in total. The molecular formula is C22H42. The third kappa shape index (κ3) is 19.5. The molecule has 0 atom stereocenters. The third-order valence-corrected chi connectivity index (χ3v) is 4.29. The first-order valence-electron chi connectivity index (χ1n) is 10.1. The Hall–Kier alpha value is -0.520. The molecular weight excluding hydrogens is 264 g/mol. The summed E-state index contributed by atoms with van der Waals surface area (Å²) in [7, 11) is 0. The second-order valence-electron chi connectivity index (χ2n) is 7.06. The summed E-state index contributed by atoms with van der Waals surface area (Å²) in [5.41, 5.74) is 1.39. The summed E-state index contributed by atoms with van der Waals surface area (Å²) in [6.45, 7) is 6.59. The molecule has 0 aromatic carbocycles. The average Bonchev–Trinajstić information content (AvgIpc) is 2.50. The molecule has 0 aromatic heterocycles. The third-order valence-electron chi connectivity index (χ3n) is 4.29. The lowest BCUT2D eigenvalue weighted by atomic mass is 10.0. The smallest absolute Gasteiger partial charge is 0.0348 e. The van der Waals surface area contributed by atoms with Crippen LogP contribution in [-0.2, 0) is 0 Å². The molecule has 0 saturated heterocycles. The quantitative estimate of drug-likeness (QED) is 0.198. The van der Waals surface area contributed by atoms with E-state index in [2.05, 4.69) is 39.0 Å². The monoisotopic (exact) mass is 306 g/mol. The van der Waals surface area contributed by atoms with Crippen LogP contribution in [0.5, 0.6) is 0 Å². The van der Waals surface area contributed by atoms with Crippen molar-refractivity contribution in [2.24, 2.45) is 0 Å². The van der Waals surface area contributed by atoms with Crippen molar-refractivity contribution in [1.29, 1.82) is 0 Å². The molecule has 130 valence electrons. The molecule has 0 nitrogen and oxygen atoms in total. The number of unbranched alkanes of at least 4 members (excludes halogenated alkanes) is 14. The van der Waals surface area contributed by atoms with Gasteiger partial charge in [-0.1, -0.05) is 114 Å². The van der Waals surface area contributed by atoms with Crippen LogP contribution in [-0.4, -0.2) is 0 Å². The molecule has 0 aromatic rings. The van der Waals surface area contributed by atoms with Gasteiger partial charge in [-0.15, -0.1) is 0 Å². The molecule has 22 heavy (non-hydrogen) atoms. The molecule has 0 aliphatic heterocycles. The van der Waals surface area contributed by atoms with E-state index in [4.69, 9.17) is 0 Å². The number of hydrogen-bond donors (Lipinski definition) is 0. The summed E-state index contributed by atoms with van der Waals surface area (Å²) >= 11 is 0. The molecule has 0 saturated carbocycles. The molecule has 0 radical (unpaired) electrons. The van der Waals surface area contributed by atoms with Gasteiger partial charge in [-0.3, -0.25) is 0 Å². The first-order valence-corrected chi connectivity index (χ1v) is 10.1. The van der Waals surface area contributed by atoms with Crippen LogP contribution in [0, 0.1) is 0 Å². The minimum atomic E-state index is 1.25. The van der Waals surface area contributed by atoms with Gasteiger partial charge in [0.15, 0.2) is 0 Å². The molecule has 0 aliphatic carbocycles. The average molecular weight is 307 g/mol. The van der Waals surface area contributed by atoms with Gasteiger partial charge < -0.3 is 0 Å². The van der Waals surface area contributed by atoms with E-state index in [0.717, 1.165) is 0 Å². The maximum absolute atomic E-state index is 2.31. The van der Waals surface area contributed by atoms with Crippen LogP contribution < -0.4 is 0 Å². The molecule has 0 heteroatoms. The zero-order chi connectivity index (χ0) is 16.3. The highest BCUT2D eigenvalue weighted by Crippen LogP contribution is 2.13. The SMILES string of the molecule is CCCCCCCCCCCCCCCCC=CC=C(C)C. The fraction of sp³-hybridized carbons (Fsp3) is 0.818. The molecule has 0 spiro atoms. The topological polar surface area (TPSA) is 0 Å². The number of allylic oxidation sites excluding steroid dienone is 4. The molecule has 0 amide bonds. The van der Waals surface area contributed by atoms with Gasteiger partial charge >= 0.3 is 0 Å². The Morgan fingerprint density at radius 1 is 0.591 bits per heavy atom. The van der Waals surface area contributed by atoms with E-state index in [9.17, 15) is 0 Å². The van der Waals surface area contributed by atoms with E-state index in [1.807, 2.05) is 0 Å². The van der Waals surface area contributed by atoms with Gasteiger partial charge in [-0.2, -0.15) is 0 Å². The summed E-state index contributed by atoms with van der Waals surface area (Å²) < 4.78 is 0. The van der Waals surface area contributed by atoms with Crippen molar-refractivity contribution in [2.45, 2.75) is 117 Å². The van der Waals surface area contributed by atoms with E-state index in [-0.39, 0.29) is 0 Å². The van der Waals surface area contributed by atoms with Crippen LogP contribution in [0.3, 0.4) is 0 Å². The van der Waals surface area contributed by atoms with Crippen molar-refractivity contribution in [3.05, 3.63) is 23.8 Å². The number of rotatable bonds is 16. The first kappa shape index (κ1) is 21.5. The van der Waals surface area contributed by atoms with Gasteiger partial charge in [-0.25, -0.2) is 0 Å². The summed E-state index contributed by atoms with van der Waals surface area (Å²) in [6, 6.07) is 0. The normalized spacial score (nSPS) is 11.2. The Morgan fingerprint density at radius 3 is 1.41 bits per heavy atom. The van der Waals surface area contributed by atoms with Gasteiger partial charge in [0.25, 0.3) is 0 Å². The maximum Gasteiger partial charge on any atom is -0.0348 e. The lowest BCUT2D eigenvalue weighted by molar-refractivity contribution is 0.536. The Bertz CT molecular complexity index is 255. The Morgan fingerprint density at radius 2 is 1.00 bits per heavy atom. The molecule has 0 bridgehead atoms. The minimum absolute atomic E-state index is 1.25. The van der Waals surface area contributed by atoms with Crippen molar-refractivity contribution in [3.8, 4) is 0 Å². The second-order valence-corrected chi connectivity index (χ2v) is 7.06. The van der Waals surface area contributed by atoms with E-state index in [1.54, 1.807) is 0 Å². The fourth-order valence-corrected chi connectivity index (χ4v) is 2.81. The highest BCUT2D eigenvalue weighted by Gasteiger charge is 1.93. The van der Waals surface area contributed by atoms with Gasteiger partial charge in [-0.05, 0) is 26.7 Å². The van der Waals surface area contributed by atoms with Crippen LogP contribution in [0.15, 0.2) is 23.8 Å². The highest BCUT2D eigenvalue weighted by molar-refractivity contribution is 5.07. The zero-order valence-electron chi connectivity index (χ0n) is 15.8. The maximum atomic E-state index is 2.31. The van der Waals surface area contributed by atoms with Crippen LogP contribution in [0.4, 0.5) is 0 Å². The summed E-state index contributed by atoms with van der Waals surface area (Å²) in [5.74, 6) is 0. The molecule has 0 heterocycles. The van der Waals surface area contributed by atoms with Crippen molar-refractivity contribution < 1.29 is 0 Å². The van der Waals surface area contributed by atoms with E-state index < -0.39 is 0 Å². The van der Waals surface area contributed by atoms with E-state index in [0.29, 0.717) is 0 Å². The summed E-state index contributed by atoms with van der Waals surface area (Å²) in [6.07, 6.45) is 28.2. The first-order chi connectivity index (χ1) is 10.8. The molecule has 0 unspecified atom stereocenters. The minimum Gasteiger partial charge on any atom is -0.0845 e. The van der Waals surface area contributed by atoms with Gasteiger partial charge in [0, 0.05) is 0 Å². The van der Waals surface area contributed by atoms with Crippen LogP contribution in [0.2, 0.25) is 0 Å². The lowest BCUT2D eigenvalue weighted by Gasteiger charge is -2.02. The van der Waals surface area contributed by atoms with Gasteiger partial charge in [0.1, 0.15) is 0 Å². The fourth-order valence-electron chi connectivity index (χ4n) is 2.81. The summed E-state index contributed by atoms with van der Waals surface area (Å²) in [4.78, 5) is 0. The lowest BCUT2D eigenvalue weighted by Crippen LogP contribution is -1.83. The molecule has 0 fully saturated rings. The standard InChI is InChI=1S/C22H42/c1-4-5-6-7-8-9-10-11-12-13-14-15-16-17-18-19-20-21-22(2)3/h19-21H,4-18H2,1-3H3. The van der Waals surface area contributed by atoms with Crippen LogP contribution in [0.25, 0.3) is 0 Å². The Labute approximate surface area is 141 Å². The molecule has 0 aliphatic rings. The van der Waals surface area contributed by atoms with Gasteiger partial charge in [0.2, 0.25) is 0 Å². The Kier molecular flexibility index (Phi) is 18.1. The zero-order valence-corrected chi connectivity index (χ0v) is 15.8. The van der Waals surface area contributed by atoms with Crippen LogP contribution >= 0.6 is 0 Å². The predicted molar refractivity (Wildman–Crippen MR) is 104 cm³/mol. The number of hydrogen-bond acceptors (Lipinski definition) is 0. The second kappa shape index (κ2) is 18.5. The predicted octanol–water partition coefficient (Wildman–Crippen LogP) is 8.38. The van der Waals surface area contributed by atoms with Crippen molar-refractivity contribution in [2.75, 3.05) is 0 Å². The summed E-state index contributed by atoms with van der Waals surface area (Å²) in [5, 5.41) is 0. The van der Waals surface area contributed by atoms with Crippen LogP contribution in [0.1, 0.15) is 117 Å². The highest BCUT2D eigenvalue weighted by atomic mass is 14.0. The largest absolute Gasteiger partial charge is 0.0845 e. The van der Waals surface area contributed by atoms with E-state index in [1.165, 1.54) is 102 Å².